The molecule has 0 spiro atoms. The normalized spacial score (nSPS) is 14.4. The van der Waals surface area contributed by atoms with E-state index in [4.69, 9.17) is 15.9 Å². The molecule has 0 bridgehead atoms. The fourth-order valence-corrected chi connectivity index (χ4v) is 4.68. The number of hydrogen-bond acceptors (Lipinski definition) is 7. The van der Waals surface area contributed by atoms with Crippen LogP contribution >= 0.6 is 39.5 Å². The minimum absolute atomic E-state index is 0.00177. The Morgan fingerprint density at radius 3 is 2.82 bits per heavy atom. The lowest BCUT2D eigenvalue weighted by Gasteiger charge is -2.14. The molecular formula is C23H19BrN2O5S2. The monoisotopic (exact) mass is 546 g/mol. The van der Waals surface area contributed by atoms with Crippen LogP contribution in [0, 0.1) is 12.3 Å². The van der Waals surface area contributed by atoms with Gasteiger partial charge in [-0.25, -0.2) is 0 Å². The number of nitrogens with zero attached hydrogens (tertiary/aromatic N) is 1. The zero-order valence-electron chi connectivity index (χ0n) is 17.7. The number of nitrogens with one attached hydrogen (secondary N) is 1. The molecule has 7 nitrogen and oxygen atoms in total. The maximum Gasteiger partial charge on any atom is 0.294 e. The van der Waals surface area contributed by atoms with Crippen molar-refractivity contribution < 1.29 is 23.9 Å². The van der Waals surface area contributed by atoms with Crippen molar-refractivity contribution in [2.24, 2.45) is 0 Å². The Morgan fingerprint density at radius 2 is 2.12 bits per heavy atom. The van der Waals surface area contributed by atoms with Gasteiger partial charge in [0.2, 0.25) is 5.91 Å². The van der Waals surface area contributed by atoms with Crippen LogP contribution in [0.1, 0.15) is 5.56 Å². The lowest BCUT2D eigenvalue weighted by molar-refractivity contribution is -0.127. The summed E-state index contributed by atoms with van der Waals surface area (Å²) in [6.07, 6.45) is 8.74. The van der Waals surface area contributed by atoms with Crippen molar-refractivity contribution in [1.82, 2.24) is 4.90 Å². The molecule has 1 aliphatic heterocycles. The number of halogens is 1. The number of thioether (sulfide) groups is 2. The van der Waals surface area contributed by atoms with Gasteiger partial charge in [-0.15, -0.1) is 18.2 Å². The van der Waals surface area contributed by atoms with Crippen LogP contribution in [0.2, 0.25) is 0 Å². The van der Waals surface area contributed by atoms with E-state index in [-0.39, 0.29) is 11.5 Å². The molecule has 170 valence electrons. The van der Waals surface area contributed by atoms with Crippen LogP contribution in [0.25, 0.3) is 6.08 Å². The van der Waals surface area contributed by atoms with Crippen LogP contribution < -0.4 is 14.8 Å². The van der Waals surface area contributed by atoms with Gasteiger partial charge in [-0.05, 0) is 54.4 Å². The molecule has 1 fully saturated rings. The topological polar surface area (TPSA) is 84.9 Å². The van der Waals surface area contributed by atoms with E-state index < -0.39 is 23.6 Å². The molecule has 3 rings (SSSR count). The zero-order chi connectivity index (χ0) is 24.0. The summed E-state index contributed by atoms with van der Waals surface area (Å²) in [5.41, 5.74) is 1.09. The lowest BCUT2D eigenvalue weighted by Crippen LogP contribution is -2.36. The summed E-state index contributed by atoms with van der Waals surface area (Å²) in [6.45, 7) is -0.397. The molecule has 1 aliphatic rings. The molecule has 0 radical (unpaired) electrons. The van der Waals surface area contributed by atoms with Crippen LogP contribution in [0.15, 0.2) is 50.7 Å². The predicted octanol–water partition coefficient (Wildman–Crippen LogP) is 4.87. The Kier molecular flexibility index (Phi) is 8.49. The van der Waals surface area contributed by atoms with Gasteiger partial charge in [-0.1, -0.05) is 27.9 Å². The van der Waals surface area contributed by atoms with Gasteiger partial charge in [0.25, 0.3) is 11.1 Å². The number of amides is 3. The Labute approximate surface area is 208 Å². The smallest absolute Gasteiger partial charge is 0.294 e. The highest BCUT2D eigenvalue weighted by molar-refractivity contribution is 9.10. The summed E-state index contributed by atoms with van der Waals surface area (Å²) < 4.78 is 11.6. The van der Waals surface area contributed by atoms with Crippen molar-refractivity contribution in [3.63, 3.8) is 0 Å². The Hall–Kier alpha value is -2.87. The average molecular weight is 547 g/mol. The number of imide groups is 1. The second kappa shape index (κ2) is 11.3. The fourth-order valence-electron chi connectivity index (χ4n) is 2.94. The molecule has 1 heterocycles. The van der Waals surface area contributed by atoms with Gasteiger partial charge >= 0.3 is 0 Å². The maximum absolute atomic E-state index is 12.9. The van der Waals surface area contributed by atoms with Gasteiger partial charge in [0.05, 0.1) is 12.0 Å². The summed E-state index contributed by atoms with van der Waals surface area (Å²) in [6, 6.07) is 10.7. The fraction of sp³-hybridized carbons (Fsp3) is 0.174. The summed E-state index contributed by atoms with van der Waals surface area (Å²) >= 11 is 5.68. The van der Waals surface area contributed by atoms with Crippen LogP contribution in [-0.2, 0) is 9.59 Å². The Bertz CT molecular complexity index is 1180. The van der Waals surface area contributed by atoms with Crippen molar-refractivity contribution in [3.8, 4) is 23.8 Å². The quantitative estimate of drug-likeness (QED) is 0.287. The van der Waals surface area contributed by atoms with Crippen LogP contribution in [0.3, 0.4) is 0 Å². The molecule has 2 aromatic rings. The molecule has 0 aromatic heterocycles. The van der Waals surface area contributed by atoms with Crippen LogP contribution in [0.4, 0.5) is 10.5 Å². The van der Waals surface area contributed by atoms with Crippen molar-refractivity contribution in [2.75, 3.05) is 31.8 Å². The first-order valence-corrected chi connectivity index (χ1v) is 12.3. The van der Waals surface area contributed by atoms with Gasteiger partial charge in [0.1, 0.15) is 13.2 Å². The summed E-state index contributed by atoms with van der Waals surface area (Å²) in [4.78, 5) is 39.9. The van der Waals surface area contributed by atoms with E-state index in [1.165, 1.54) is 13.2 Å². The number of ether oxygens (including phenoxy) is 2. The minimum atomic E-state index is -0.570. The largest absolute Gasteiger partial charge is 0.493 e. The molecule has 10 heteroatoms. The molecule has 0 atom stereocenters. The van der Waals surface area contributed by atoms with E-state index in [1.54, 1.807) is 30.0 Å². The van der Waals surface area contributed by atoms with Crippen LogP contribution in [-0.4, -0.2) is 48.5 Å². The second-order valence-electron chi connectivity index (χ2n) is 6.57. The SMILES string of the molecule is C#CCOc1c(/C=C2/SC(=O)N(CC(=O)Nc3cccc(SC)c3)C2=O)cc(Br)cc1OC. The van der Waals surface area contributed by atoms with E-state index in [0.29, 0.717) is 27.2 Å². The van der Waals surface area contributed by atoms with E-state index >= 15 is 0 Å². The molecule has 1 N–H and O–H groups in total. The van der Waals surface area contributed by atoms with Gasteiger partial charge in [-0.3, -0.25) is 19.3 Å². The zero-order valence-corrected chi connectivity index (χ0v) is 20.9. The van der Waals surface area contributed by atoms with Crippen molar-refractivity contribution in [1.29, 1.82) is 0 Å². The number of benzene rings is 2. The van der Waals surface area contributed by atoms with E-state index in [1.807, 2.05) is 24.5 Å². The molecule has 1 saturated heterocycles. The minimum Gasteiger partial charge on any atom is -0.493 e. The number of terminal acetylenes is 1. The lowest BCUT2D eigenvalue weighted by atomic mass is 10.1. The van der Waals surface area contributed by atoms with Crippen molar-refractivity contribution in [3.05, 3.63) is 51.3 Å². The standard InChI is InChI=1S/C23H19BrN2O5S2/c1-4-8-31-21-14(9-15(24)11-18(21)30-2)10-19-22(28)26(23(29)33-19)13-20(27)25-16-6-5-7-17(12-16)32-3/h1,5-7,9-12H,8,13H2,2-3H3,(H,25,27)/b19-10+. The van der Waals surface area contributed by atoms with Crippen molar-refractivity contribution >= 4 is 68.3 Å². The maximum atomic E-state index is 12.9. The molecule has 3 amide bonds. The first kappa shape index (κ1) is 24.8. The van der Waals surface area contributed by atoms with Gasteiger partial charge in [-0.2, -0.15) is 0 Å². The molecule has 33 heavy (non-hydrogen) atoms. The summed E-state index contributed by atoms with van der Waals surface area (Å²) in [5.74, 6) is 2.10. The first-order valence-electron chi connectivity index (χ1n) is 9.49. The van der Waals surface area contributed by atoms with Gasteiger partial charge in [0.15, 0.2) is 11.5 Å². The first-order chi connectivity index (χ1) is 15.9. The third kappa shape index (κ3) is 6.13. The molecule has 2 aromatic carbocycles. The second-order valence-corrected chi connectivity index (χ2v) is 9.36. The Balaban J connectivity index is 1.80. The average Bonchev–Trinajstić information content (AvgIpc) is 3.05. The highest BCUT2D eigenvalue weighted by Gasteiger charge is 2.36. The van der Waals surface area contributed by atoms with E-state index in [2.05, 4.69) is 27.2 Å². The van der Waals surface area contributed by atoms with Crippen LogP contribution in [0.5, 0.6) is 11.5 Å². The van der Waals surface area contributed by atoms with Gasteiger partial charge in [0, 0.05) is 20.6 Å². The number of carbonyl (C=O) groups is 3. The molecule has 0 unspecified atom stereocenters. The van der Waals surface area contributed by atoms with E-state index in [0.717, 1.165) is 21.6 Å². The third-order valence-electron chi connectivity index (χ3n) is 4.38. The van der Waals surface area contributed by atoms with Crippen molar-refractivity contribution in [2.45, 2.75) is 4.90 Å². The number of hydrogen-bond donors (Lipinski definition) is 1. The highest BCUT2D eigenvalue weighted by Crippen LogP contribution is 2.39. The summed E-state index contributed by atoms with van der Waals surface area (Å²) in [7, 11) is 1.48. The number of rotatable bonds is 8. The van der Waals surface area contributed by atoms with E-state index in [9.17, 15) is 14.4 Å². The predicted molar refractivity (Wildman–Crippen MR) is 135 cm³/mol. The molecule has 0 saturated carbocycles. The third-order valence-corrected chi connectivity index (χ3v) is 6.47. The number of carbonyl (C=O) groups excluding carboxylic acids is 3. The van der Waals surface area contributed by atoms with Gasteiger partial charge < -0.3 is 14.8 Å². The number of anilines is 1. The molecular weight excluding hydrogens is 528 g/mol. The highest BCUT2D eigenvalue weighted by atomic mass is 79.9. The molecule has 0 aliphatic carbocycles. The Morgan fingerprint density at radius 1 is 1.33 bits per heavy atom. The summed E-state index contributed by atoms with van der Waals surface area (Å²) in [5, 5.41) is 2.18. The number of methoxy groups -OCH3 is 1.